The van der Waals surface area contributed by atoms with Crippen molar-refractivity contribution >= 4 is 0 Å². The second-order valence-corrected chi connectivity index (χ2v) is 6.73. The van der Waals surface area contributed by atoms with Crippen molar-refractivity contribution in [1.82, 2.24) is 4.90 Å². The Hall–Kier alpha value is -0.900. The number of rotatable bonds is 6. The Morgan fingerprint density at radius 2 is 1.85 bits per heavy atom. The average molecular weight is 276 g/mol. The molecule has 20 heavy (non-hydrogen) atoms. The monoisotopic (exact) mass is 276 g/mol. The molecule has 1 aliphatic rings. The summed E-state index contributed by atoms with van der Waals surface area (Å²) in [5, 5.41) is 10.5. The second-order valence-electron chi connectivity index (χ2n) is 6.73. The fraction of sp³-hybridized carbons (Fsp3) is 0.647. The van der Waals surface area contributed by atoms with Crippen molar-refractivity contribution in [2.24, 2.45) is 5.73 Å². The van der Waals surface area contributed by atoms with Crippen LogP contribution in [-0.2, 0) is 5.41 Å². The molecule has 1 atom stereocenters. The third-order valence-corrected chi connectivity index (χ3v) is 4.64. The third-order valence-electron chi connectivity index (χ3n) is 4.64. The van der Waals surface area contributed by atoms with E-state index in [0.717, 1.165) is 38.8 Å². The van der Waals surface area contributed by atoms with Crippen LogP contribution in [0.25, 0.3) is 0 Å². The van der Waals surface area contributed by atoms with Gasteiger partial charge in [0.2, 0.25) is 0 Å². The van der Waals surface area contributed by atoms with Gasteiger partial charge in [0, 0.05) is 25.0 Å². The van der Waals surface area contributed by atoms with Gasteiger partial charge >= 0.3 is 0 Å². The highest BCUT2D eigenvalue weighted by molar-refractivity contribution is 5.25. The van der Waals surface area contributed by atoms with Gasteiger partial charge in [-0.05, 0) is 25.5 Å². The van der Waals surface area contributed by atoms with Crippen molar-refractivity contribution in [2.45, 2.75) is 43.6 Å². The maximum Gasteiger partial charge on any atom is 0.0774 e. The molecule has 112 valence electrons. The zero-order valence-electron chi connectivity index (χ0n) is 12.8. The molecule has 2 rings (SSSR count). The van der Waals surface area contributed by atoms with Gasteiger partial charge < -0.3 is 15.7 Å². The van der Waals surface area contributed by atoms with Crippen LogP contribution in [0.2, 0.25) is 0 Å². The summed E-state index contributed by atoms with van der Waals surface area (Å²) in [7, 11) is 2.09. The Labute approximate surface area is 122 Å². The molecule has 1 aliphatic carbocycles. The van der Waals surface area contributed by atoms with E-state index in [0.29, 0.717) is 6.54 Å². The smallest absolute Gasteiger partial charge is 0.0774 e. The van der Waals surface area contributed by atoms with Gasteiger partial charge in [-0.1, -0.05) is 50.1 Å². The molecule has 1 unspecified atom stereocenters. The molecule has 0 saturated heterocycles. The van der Waals surface area contributed by atoms with Crippen LogP contribution in [0.5, 0.6) is 0 Å². The summed E-state index contributed by atoms with van der Waals surface area (Å²) < 4.78 is 0. The molecule has 0 amide bonds. The number of likely N-dealkylation sites (N-methyl/N-ethyl adjacent to an activating group) is 1. The van der Waals surface area contributed by atoms with Crippen molar-refractivity contribution in [3.8, 4) is 0 Å². The summed E-state index contributed by atoms with van der Waals surface area (Å²) >= 11 is 0. The Bertz CT molecular complexity index is 414. The van der Waals surface area contributed by atoms with Crippen LogP contribution in [0.15, 0.2) is 30.3 Å². The van der Waals surface area contributed by atoms with E-state index in [2.05, 4.69) is 43.1 Å². The minimum absolute atomic E-state index is 0.0645. The highest BCUT2D eigenvalue weighted by Gasteiger charge is 2.34. The van der Waals surface area contributed by atoms with Crippen LogP contribution in [0.4, 0.5) is 0 Å². The van der Waals surface area contributed by atoms with E-state index in [-0.39, 0.29) is 5.41 Å². The molecule has 1 fully saturated rings. The van der Waals surface area contributed by atoms with Gasteiger partial charge in [-0.15, -0.1) is 0 Å². The molecule has 0 bridgehead atoms. The van der Waals surface area contributed by atoms with E-state index in [4.69, 9.17) is 5.73 Å². The zero-order valence-corrected chi connectivity index (χ0v) is 12.8. The second kappa shape index (κ2) is 6.25. The summed E-state index contributed by atoms with van der Waals surface area (Å²) in [4.78, 5) is 2.24. The summed E-state index contributed by atoms with van der Waals surface area (Å²) in [6.45, 7) is 4.43. The van der Waals surface area contributed by atoms with Crippen molar-refractivity contribution in [3.63, 3.8) is 0 Å². The molecule has 0 spiro atoms. The van der Waals surface area contributed by atoms with Crippen LogP contribution < -0.4 is 5.73 Å². The molecule has 3 nitrogen and oxygen atoms in total. The van der Waals surface area contributed by atoms with Gasteiger partial charge in [-0.2, -0.15) is 0 Å². The fourth-order valence-corrected chi connectivity index (χ4v) is 3.46. The van der Waals surface area contributed by atoms with Crippen LogP contribution in [0.1, 0.15) is 38.2 Å². The lowest BCUT2D eigenvalue weighted by atomic mass is 9.82. The van der Waals surface area contributed by atoms with Crippen molar-refractivity contribution in [1.29, 1.82) is 0 Å². The lowest BCUT2D eigenvalue weighted by molar-refractivity contribution is 0.0120. The number of benzene rings is 1. The number of aliphatic hydroxyl groups is 1. The molecule has 3 heteroatoms. The lowest BCUT2D eigenvalue weighted by Gasteiger charge is -2.36. The summed E-state index contributed by atoms with van der Waals surface area (Å²) in [5.41, 5.74) is 6.76. The molecule has 1 aromatic carbocycles. The first-order chi connectivity index (χ1) is 9.47. The number of nitrogens with zero attached hydrogens (tertiary/aromatic N) is 1. The molecular formula is C17H28N2O. The van der Waals surface area contributed by atoms with Gasteiger partial charge in [-0.3, -0.25) is 0 Å². The maximum atomic E-state index is 10.5. The number of nitrogens with two attached hydrogens (primary N) is 1. The lowest BCUT2D eigenvalue weighted by Crippen LogP contribution is -2.47. The minimum Gasteiger partial charge on any atom is -0.389 e. The Kier molecular flexibility index (Phi) is 4.84. The molecule has 0 aliphatic heterocycles. The van der Waals surface area contributed by atoms with Gasteiger partial charge in [0.05, 0.1) is 5.60 Å². The van der Waals surface area contributed by atoms with Gasteiger partial charge in [0.1, 0.15) is 0 Å². The number of hydrogen-bond donors (Lipinski definition) is 2. The summed E-state index contributed by atoms with van der Waals surface area (Å²) in [5.74, 6) is 0. The zero-order chi connectivity index (χ0) is 14.6. The predicted octanol–water partition coefficient (Wildman–Crippen LogP) is 2.14. The Morgan fingerprint density at radius 3 is 2.40 bits per heavy atom. The van der Waals surface area contributed by atoms with Crippen LogP contribution >= 0.6 is 0 Å². The first-order valence-corrected chi connectivity index (χ1v) is 7.64. The van der Waals surface area contributed by atoms with Crippen molar-refractivity contribution < 1.29 is 5.11 Å². The molecular weight excluding hydrogens is 248 g/mol. The Balaban J connectivity index is 2.02. The van der Waals surface area contributed by atoms with Crippen LogP contribution in [-0.4, -0.2) is 42.3 Å². The molecule has 0 heterocycles. The van der Waals surface area contributed by atoms with Crippen molar-refractivity contribution in [2.75, 3.05) is 26.7 Å². The fourth-order valence-electron chi connectivity index (χ4n) is 3.46. The highest BCUT2D eigenvalue weighted by Crippen LogP contribution is 2.31. The normalized spacial score (nSPS) is 21.1. The largest absolute Gasteiger partial charge is 0.389 e. The third kappa shape index (κ3) is 3.60. The van der Waals surface area contributed by atoms with Gasteiger partial charge in [-0.25, -0.2) is 0 Å². The van der Waals surface area contributed by atoms with E-state index >= 15 is 0 Å². The SMILES string of the molecule is CN(CC1(O)CCCC1)CC(C)(CN)c1ccccc1. The van der Waals surface area contributed by atoms with Gasteiger partial charge in [0.15, 0.2) is 0 Å². The average Bonchev–Trinajstić information content (AvgIpc) is 2.85. The van der Waals surface area contributed by atoms with E-state index in [1.54, 1.807) is 0 Å². The van der Waals surface area contributed by atoms with E-state index in [9.17, 15) is 5.11 Å². The predicted molar refractivity (Wildman–Crippen MR) is 83.8 cm³/mol. The van der Waals surface area contributed by atoms with Crippen LogP contribution in [0.3, 0.4) is 0 Å². The number of hydrogen-bond acceptors (Lipinski definition) is 3. The van der Waals surface area contributed by atoms with Gasteiger partial charge in [0.25, 0.3) is 0 Å². The first-order valence-electron chi connectivity index (χ1n) is 7.64. The van der Waals surface area contributed by atoms with E-state index in [1.807, 2.05) is 6.07 Å². The molecule has 1 aromatic rings. The van der Waals surface area contributed by atoms with Crippen molar-refractivity contribution in [3.05, 3.63) is 35.9 Å². The maximum absolute atomic E-state index is 10.5. The van der Waals surface area contributed by atoms with E-state index < -0.39 is 5.60 Å². The Morgan fingerprint density at radius 1 is 1.25 bits per heavy atom. The highest BCUT2D eigenvalue weighted by atomic mass is 16.3. The van der Waals surface area contributed by atoms with Crippen LogP contribution in [0, 0.1) is 0 Å². The quantitative estimate of drug-likeness (QED) is 0.837. The first kappa shape index (κ1) is 15.5. The molecule has 1 saturated carbocycles. The molecule has 0 aromatic heterocycles. The van der Waals surface area contributed by atoms with E-state index in [1.165, 1.54) is 5.56 Å². The standard InChI is InChI=1S/C17H28N2O/c1-16(12-18,15-8-4-3-5-9-15)13-19(2)14-17(20)10-6-7-11-17/h3-5,8-9,20H,6-7,10-14,18H2,1-2H3. The summed E-state index contributed by atoms with van der Waals surface area (Å²) in [6.07, 6.45) is 4.17. The molecule has 3 N–H and O–H groups in total. The molecule has 0 radical (unpaired) electrons. The minimum atomic E-state index is -0.485. The topological polar surface area (TPSA) is 49.5 Å². The summed E-state index contributed by atoms with van der Waals surface area (Å²) in [6, 6.07) is 10.4.